The summed E-state index contributed by atoms with van der Waals surface area (Å²) in [4.78, 5) is 0.268. The van der Waals surface area contributed by atoms with E-state index in [0.717, 1.165) is 5.69 Å². The number of nitrogens with zero attached hydrogens (tertiary/aromatic N) is 1. The van der Waals surface area contributed by atoms with Gasteiger partial charge >= 0.3 is 0 Å². The maximum absolute atomic E-state index is 13.4. The lowest BCUT2D eigenvalue weighted by Gasteiger charge is -2.18. The van der Waals surface area contributed by atoms with Crippen LogP contribution in [0.2, 0.25) is 0 Å². The minimum atomic E-state index is -3.44. The summed E-state index contributed by atoms with van der Waals surface area (Å²) in [5.41, 5.74) is 0.774. The smallest absolute Gasteiger partial charge is 0.243 e. The highest BCUT2D eigenvalue weighted by Crippen LogP contribution is 2.18. The summed E-state index contributed by atoms with van der Waals surface area (Å²) >= 11 is 0. The van der Waals surface area contributed by atoms with Gasteiger partial charge in [-0.2, -0.15) is 4.31 Å². The average Bonchev–Trinajstić information content (AvgIpc) is 2.61. The Bertz CT molecular complexity index is 775. The predicted octanol–water partition coefficient (Wildman–Crippen LogP) is 3.35. The minimum Gasteiger partial charge on any atom is -0.489 e. The molecule has 2 aromatic carbocycles. The molecular formula is C18H23FN2O3S. The van der Waals surface area contributed by atoms with Crippen LogP contribution in [0, 0.1) is 5.82 Å². The number of benzene rings is 2. The summed E-state index contributed by atoms with van der Waals surface area (Å²) in [7, 11) is -3.44. The standard InChI is InChI=1S/C18H23FN2O3S/c1-3-21(4-2)25(22,23)16-11-9-15(10-12-16)20-13-14-24-18-8-6-5-7-17(18)19/h5-12,20H,3-4,13-14H2,1-2H3. The lowest BCUT2D eigenvalue weighted by molar-refractivity contribution is 0.315. The number of anilines is 1. The first-order valence-corrected chi connectivity index (χ1v) is 9.64. The van der Waals surface area contributed by atoms with E-state index in [-0.39, 0.29) is 10.6 Å². The Kier molecular flexibility index (Phi) is 6.78. The average molecular weight is 366 g/mol. The Morgan fingerprint density at radius 2 is 1.68 bits per heavy atom. The molecule has 1 N–H and O–H groups in total. The third-order valence-corrected chi connectivity index (χ3v) is 5.79. The van der Waals surface area contributed by atoms with Gasteiger partial charge in [0.05, 0.1) is 4.90 Å². The molecule has 0 radical (unpaired) electrons. The normalized spacial score (nSPS) is 11.5. The zero-order chi connectivity index (χ0) is 18.3. The minimum absolute atomic E-state index is 0.213. The molecule has 0 amide bonds. The Balaban J connectivity index is 1.89. The summed E-state index contributed by atoms with van der Waals surface area (Å²) < 4.78 is 45.0. The maximum Gasteiger partial charge on any atom is 0.243 e. The van der Waals surface area contributed by atoms with E-state index >= 15 is 0 Å². The van der Waals surface area contributed by atoms with Crippen LogP contribution in [0.5, 0.6) is 5.75 Å². The Morgan fingerprint density at radius 1 is 1.04 bits per heavy atom. The number of halogens is 1. The number of hydrogen-bond acceptors (Lipinski definition) is 4. The van der Waals surface area contributed by atoms with E-state index in [1.807, 2.05) is 13.8 Å². The summed E-state index contributed by atoms with van der Waals surface area (Å²) in [6.45, 7) is 5.26. The van der Waals surface area contributed by atoms with Gasteiger partial charge in [-0.05, 0) is 36.4 Å². The van der Waals surface area contributed by atoms with Crippen LogP contribution in [-0.2, 0) is 10.0 Å². The van der Waals surface area contributed by atoms with Gasteiger partial charge in [0, 0.05) is 25.3 Å². The lowest BCUT2D eigenvalue weighted by atomic mass is 10.3. The topological polar surface area (TPSA) is 58.6 Å². The van der Waals surface area contributed by atoms with E-state index in [9.17, 15) is 12.8 Å². The van der Waals surface area contributed by atoms with Crippen LogP contribution in [0.25, 0.3) is 0 Å². The maximum atomic E-state index is 13.4. The molecule has 25 heavy (non-hydrogen) atoms. The van der Waals surface area contributed by atoms with Gasteiger partial charge in [-0.3, -0.25) is 0 Å². The molecule has 2 rings (SSSR count). The van der Waals surface area contributed by atoms with Crippen molar-refractivity contribution in [3.8, 4) is 5.75 Å². The molecular weight excluding hydrogens is 343 g/mol. The van der Waals surface area contributed by atoms with Gasteiger partial charge in [-0.25, -0.2) is 12.8 Å². The van der Waals surface area contributed by atoms with Gasteiger partial charge in [0.15, 0.2) is 11.6 Å². The molecule has 5 nitrogen and oxygen atoms in total. The van der Waals surface area contributed by atoms with E-state index in [1.54, 1.807) is 42.5 Å². The zero-order valence-corrected chi connectivity index (χ0v) is 15.2. The first kappa shape index (κ1) is 19.2. The number of nitrogens with one attached hydrogen (secondary N) is 1. The van der Waals surface area contributed by atoms with Crippen LogP contribution >= 0.6 is 0 Å². The summed E-state index contributed by atoms with van der Waals surface area (Å²) in [6.07, 6.45) is 0. The molecule has 0 saturated carbocycles. The van der Waals surface area contributed by atoms with Gasteiger partial charge in [-0.1, -0.05) is 26.0 Å². The second kappa shape index (κ2) is 8.82. The van der Waals surface area contributed by atoms with Crippen molar-refractivity contribution in [2.24, 2.45) is 0 Å². The number of hydrogen-bond donors (Lipinski definition) is 1. The van der Waals surface area contributed by atoms with Crippen molar-refractivity contribution >= 4 is 15.7 Å². The van der Waals surface area contributed by atoms with Crippen molar-refractivity contribution < 1.29 is 17.5 Å². The molecule has 0 fully saturated rings. The third-order valence-electron chi connectivity index (χ3n) is 3.72. The van der Waals surface area contributed by atoms with E-state index in [1.165, 1.54) is 10.4 Å². The Hall–Kier alpha value is -2.12. The van der Waals surface area contributed by atoms with Crippen LogP contribution in [-0.4, -0.2) is 39.0 Å². The van der Waals surface area contributed by atoms with Crippen LogP contribution in [0.1, 0.15) is 13.8 Å². The summed E-state index contributed by atoms with van der Waals surface area (Å²) in [5.74, 6) is -0.182. The van der Waals surface area contributed by atoms with Crippen LogP contribution < -0.4 is 10.1 Å². The molecule has 0 aliphatic carbocycles. The van der Waals surface area contributed by atoms with E-state index in [0.29, 0.717) is 26.2 Å². The molecule has 0 unspecified atom stereocenters. The van der Waals surface area contributed by atoms with Gasteiger partial charge in [-0.15, -0.1) is 0 Å². The largest absolute Gasteiger partial charge is 0.489 e. The van der Waals surface area contributed by atoms with Crippen molar-refractivity contribution in [2.75, 3.05) is 31.6 Å². The third kappa shape index (κ3) is 4.93. The Labute approximate surface area is 148 Å². The van der Waals surface area contributed by atoms with Gasteiger partial charge in [0.2, 0.25) is 10.0 Å². The second-order valence-electron chi connectivity index (χ2n) is 5.32. The second-order valence-corrected chi connectivity index (χ2v) is 7.26. The van der Waals surface area contributed by atoms with Crippen molar-refractivity contribution in [3.63, 3.8) is 0 Å². The SMILES string of the molecule is CCN(CC)S(=O)(=O)c1ccc(NCCOc2ccccc2F)cc1. The van der Waals surface area contributed by atoms with Crippen LogP contribution in [0.4, 0.5) is 10.1 Å². The first-order valence-electron chi connectivity index (χ1n) is 8.20. The molecule has 2 aromatic rings. The molecule has 7 heteroatoms. The van der Waals surface area contributed by atoms with Crippen molar-refractivity contribution in [2.45, 2.75) is 18.7 Å². The van der Waals surface area contributed by atoms with Crippen molar-refractivity contribution in [3.05, 3.63) is 54.3 Å². The first-order chi connectivity index (χ1) is 12.0. The number of ether oxygens (including phenoxy) is 1. The van der Waals surface area contributed by atoms with Crippen molar-refractivity contribution in [1.82, 2.24) is 4.31 Å². The lowest BCUT2D eigenvalue weighted by Crippen LogP contribution is -2.30. The fraction of sp³-hybridized carbons (Fsp3) is 0.333. The number of para-hydroxylation sites is 1. The monoisotopic (exact) mass is 366 g/mol. The molecule has 0 bridgehead atoms. The fourth-order valence-corrected chi connectivity index (χ4v) is 3.83. The molecule has 0 aromatic heterocycles. The molecule has 0 aliphatic rings. The Morgan fingerprint density at radius 3 is 2.28 bits per heavy atom. The molecule has 0 atom stereocenters. The molecule has 0 saturated heterocycles. The molecule has 0 spiro atoms. The summed E-state index contributed by atoms with van der Waals surface area (Å²) in [5, 5.41) is 3.11. The predicted molar refractivity (Wildman–Crippen MR) is 96.9 cm³/mol. The summed E-state index contributed by atoms with van der Waals surface area (Å²) in [6, 6.07) is 12.8. The van der Waals surface area contributed by atoms with E-state index in [4.69, 9.17) is 4.74 Å². The van der Waals surface area contributed by atoms with Gasteiger partial charge in [0.1, 0.15) is 6.61 Å². The molecule has 136 valence electrons. The van der Waals surface area contributed by atoms with E-state index in [2.05, 4.69) is 5.32 Å². The van der Waals surface area contributed by atoms with Crippen molar-refractivity contribution in [1.29, 1.82) is 0 Å². The number of sulfonamides is 1. The fourth-order valence-electron chi connectivity index (χ4n) is 2.38. The van der Waals surface area contributed by atoms with Gasteiger partial charge in [0.25, 0.3) is 0 Å². The molecule has 0 aliphatic heterocycles. The highest BCUT2D eigenvalue weighted by molar-refractivity contribution is 7.89. The van der Waals surface area contributed by atoms with Crippen LogP contribution in [0.3, 0.4) is 0 Å². The number of rotatable bonds is 9. The van der Waals surface area contributed by atoms with Gasteiger partial charge < -0.3 is 10.1 Å². The quantitative estimate of drug-likeness (QED) is 0.692. The highest BCUT2D eigenvalue weighted by atomic mass is 32.2. The molecule has 0 heterocycles. The zero-order valence-electron chi connectivity index (χ0n) is 14.4. The highest BCUT2D eigenvalue weighted by Gasteiger charge is 2.21. The van der Waals surface area contributed by atoms with Crippen LogP contribution in [0.15, 0.2) is 53.4 Å². The van der Waals surface area contributed by atoms with E-state index < -0.39 is 15.8 Å².